The van der Waals surface area contributed by atoms with Gasteiger partial charge in [-0.15, -0.1) is 11.3 Å². The first-order valence-electron chi connectivity index (χ1n) is 4.71. The molecule has 1 amide bonds. The minimum atomic E-state index is -0.0271. The van der Waals surface area contributed by atoms with Gasteiger partial charge in [-0.2, -0.15) is 11.8 Å². The summed E-state index contributed by atoms with van der Waals surface area (Å²) in [4.78, 5) is 13.4. The van der Waals surface area contributed by atoms with E-state index < -0.39 is 0 Å². The van der Waals surface area contributed by atoms with Gasteiger partial charge < -0.3 is 11.1 Å². The van der Waals surface area contributed by atoms with E-state index in [-0.39, 0.29) is 5.91 Å². The Kier molecular flexibility index (Phi) is 4.47. The maximum absolute atomic E-state index is 11.7. The molecule has 0 spiro atoms. The second-order valence-corrected chi connectivity index (χ2v) is 5.91. The topological polar surface area (TPSA) is 55.1 Å². The number of thiophene rings is 1. The number of carbonyl (C=O) groups excluding carboxylic acids is 1. The Morgan fingerprint density at radius 1 is 1.73 bits per heavy atom. The molecule has 3 N–H and O–H groups in total. The zero-order valence-electron chi connectivity index (χ0n) is 9.16. The number of hydrogen-bond acceptors (Lipinski definition) is 4. The van der Waals surface area contributed by atoms with Crippen molar-refractivity contribution in [2.45, 2.75) is 19.1 Å². The quantitative estimate of drug-likeness (QED) is 0.853. The minimum absolute atomic E-state index is 0.0271. The van der Waals surface area contributed by atoms with Gasteiger partial charge in [0.1, 0.15) is 0 Å². The number of nitrogen functional groups attached to an aromatic ring is 1. The van der Waals surface area contributed by atoms with Crippen LogP contribution in [-0.4, -0.2) is 24.0 Å². The number of carbonyl (C=O) groups is 1. The highest BCUT2D eigenvalue weighted by Crippen LogP contribution is 2.23. The normalized spacial score (nSPS) is 12.5. The van der Waals surface area contributed by atoms with Gasteiger partial charge in [0.2, 0.25) is 0 Å². The molecule has 0 aliphatic carbocycles. The molecule has 1 aromatic rings. The summed E-state index contributed by atoms with van der Waals surface area (Å²) < 4.78 is 0. The van der Waals surface area contributed by atoms with Crippen molar-refractivity contribution in [1.29, 1.82) is 0 Å². The van der Waals surface area contributed by atoms with Gasteiger partial charge in [0.05, 0.1) is 4.88 Å². The van der Waals surface area contributed by atoms with E-state index in [1.807, 2.05) is 13.2 Å². The summed E-state index contributed by atoms with van der Waals surface area (Å²) in [6, 6.07) is 1.74. The van der Waals surface area contributed by atoms with E-state index in [0.717, 1.165) is 4.88 Å². The summed E-state index contributed by atoms with van der Waals surface area (Å²) in [7, 11) is 0. The largest absolute Gasteiger partial charge is 0.398 e. The van der Waals surface area contributed by atoms with Gasteiger partial charge in [0.25, 0.3) is 5.91 Å². The summed E-state index contributed by atoms with van der Waals surface area (Å²) in [6.07, 6.45) is 2.03. The first-order chi connectivity index (χ1) is 7.04. The van der Waals surface area contributed by atoms with Gasteiger partial charge in [-0.1, -0.05) is 6.92 Å². The van der Waals surface area contributed by atoms with Crippen LogP contribution in [0.5, 0.6) is 0 Å². The number of anilines is 1. The SMILES string of the molecule is CSC(C)CNC(=O)c1cc(N)c(C)s1. The summed E-state index contributed by atoms with van der Waals surface area (Å²) in [5.74, 6) is -0.0271. The van der Waals surface area contributed by atoms with Gasteiger partial charge in [-0.05, 0) is 19.2 Å². The maximum Gasteiger partial charge on any atom is 0.261 e. The Balaban J connectivity index is 2.54. The van der Waals surface area contributed by atoms with E-state index in [2.05, 4.69) is 12.2 Å². The van der Waals surface area contributed by atoms with Gasteiger partial charge in [0.15, 0.2) is 0 Å². The monoisotopic (exact) mass is 244 g/mol. The van der Waals surface area contributed by atoms with Crippen LogP contribution in [0, 0.1) is 6.92 Å². The van der Waals surface area contributed by atoms with Gasteiger partial charge in [-0.3, -0.25) is 4.79 Å². The molecule has 1 aromatic heterocycles. The van der Waals surface area contributed by atoms with Crippen LogP contribution in [0.2, 0.25) is 0 Å². The van der Waals surface area contributed by atoms with Crippen LogP contribution in [0.4, 0.5) is 5.69 Å². The molecule has 3 nitrogen and oxygen atoms in total. The molecule has 0 saturated heterocycles. The van der Waals surface area contributed by atoms with Crippen LogP contribution in [0.15, 0.2) is 6.07 Å². The van der Waals surface area contributed by atoms with Crippen molar-refractivity contribution in [3.63, 3.8) is 0 Å². The number of nitrogens with two attached hydrogens (primary N) is 1. The molecule has 0 aromatic carbocycles. The average Bonchev–Trinajstić information content (AvgIpc) is 2.55. The Morgan fingerprint density at radius 3 is 2.87 bits per heavy atom. The van der Waals surface area contributed by atoms with Crippen LogP contribution in [0.25, 0.3) is 0 Å². The lowest BCUT2D eigenvalue weighted by Gasteiger charge is -2.08. The first kappa shape index (κ1) is 12.4. The van der Waals surface area contributed by atoms with Crippen LogP contribution in [0.3, 0.4) is 0 Å². The third-order valence-electron chi connectivity index (χ3n) is 2.13. The van der Waals surface area contributed by atoms with Crippen LogP contribution < -0.4 is 11.1 Å². The van der Waals surface area contributed by atoms with Gasteiger partial charge in [0, 0.05) is 22.4 Å². The Labute approximate surface area is 98.4 Å². The summed E-state index contributed by atoms with van der Waals surface area (Å²) in [6.45, 7) is 4.69. The summed E-state index contributed by atoms with van der Waals surface area (Å²) in [5, 5.41) is 3.32. The minimum Gasteiger partial charge on any atom is -0.398 e. The molecule has 15 heavy (non-hydrogen) atoms. The Bertz CT molecular complexity index is 330. The van der Waals surface area contributed by atoms with Crippen molar-refractivity contribution in [3.8, 4) is 0 Å². The number of aryl methyl sites for hydroxylation is 1. The van der Waals surface area contributed by atoms with Crippen molar-refractivity contribution >= 4 is 34.7 Å². The summed E-state index contributed by atoms with van der Waals surface area (Å²) >= 11 is 3.17. The van der Waals surface area contributed by atoms with Gasteiger partial charge >= 0.3 is 0 Å². The molecule has 1 rings (SSSR count). The van der Waals surface area contributed by atoms with Crippen LogP contribution >= 0.6 is 23.1 Å². The van der Waals surface area contributed by atoms with Gasteiger partial charge in [-0.25, -0.2) is 0 Å². The van der Waals surface area contributed by atoms with Crippen molar-refractivity contribution < 1.29 is 4.79 Å². The van der Waals surface area contributed by atoms with Crippen molar-refractivity contribution in [1.82, 2.24) is 5.32 Å². The molecule has 0 fully saturated rings. The van der Waals surface area contributed by atoms with E-state index in [1.165, 1.54) is 11.3 Å². The Hall–Kier alpha value is -0.680. The number of amides is 1. The predicted octanol–water partition coefficient (Wildman–Crippen LogP) is 2.12. The molecule has 1 heterocycles. The second kappa shape index (κ2) is 5.42. The number of thioether (sulfide) groups is 1. The first-order valence-corrected chi connectivity index (χ1v) is 6.82. The zero-order chi connectivity index (χ0) is 11.4. The van der Waals surface area contributed by atoms with Crippen molar-refractivity contribution in [2.75, 3.05) is 18.5 Å². The fourth-order valence-corrected chi connectivity index (χ4v) is 2.12. The molecule has 1 atom stereocenters. The Morgan fingerprint density at radius 2 is 2.40 bits per heavy atom. The molecule has 0 aliphatic rings. The number of hydrogen-bond donors (Lipinski definition) is 2. The molecule has 0 bridgehead atoms. The fourth-order valence-electron chi connectivity index (χ4n) is 1.01. The molecular formula is C10H16N2OS2. The maximum atomic E-state index is 11.7. The molecule has 0 saturated carbocycles. The highest BCUT2D eigenvalue weighted by molar-refractivity contribution is 7.99. The van der Waals surface area contributed by atoms with Crippen LogP contribution in [-0.2, 0) is 0 Å². The fraction of sp³-hybridized carbons (Fsp3) is 0.500. The average molecular weight is 244 g/mol. The molecule has 5 heteroatoms. The van der Waals surface area contributed by atoms with E-state index in [0.29, 0.717) is 22.4 Å². The predicted molar refractivity (Wildman–Crippen MR) is 68.8 cm³/mol. The highest BCUT2D eigenvalue weighted by Gasteiger charge is 2.11. The van der Waals surface area contributed by atoms with Crippen molar-refractivity contribution in [3.05, 3.63) is 15.8 Å². The molecule has 84 valence electrons. The lowest BCUT2D eigenvalue weighted by molar-refractivity contribution is 0.0958. The molecule has 0 aliphatic heterocycles. The second-order valence-electron chi connectivity index (χ2n) is 3.38. The number of rotatable bonds is 4. The smallest absolute Gasteiger partial charge is 0.261 e. The van der Waals surface area contributed by atoms with E-state index in [9.17, 15) is 4.79 Å². The third kappa shape index (κ3) is 3.43. The zero-order valence-corrected chi connectivity index (χ0v) is 10.8. The third-order valence-corrected chi connectivity index (χ3v) is 4.17. The number of nitrogens with one attached hydrogen (secondary N) is 1. The highest BCUT2D eigenvalue weighted by atomic mass is 32.2. The lowest BCUT2D eigenvalue weighted by atomic mass is 10.3. The summed E-state index contributed by atoms with van der Waals surface area (Å²) in [5.41, 5.74) is 6.38. The standard InChI is InChI=1S/C10H16N2OS2/c1-6(14-3)5-12-10(13)9-4-8(11)7(2)15-9/h4,6H,5,11H2,1-3H3,(H,12,13). The molecule has 1 unspecified atom stereocenters. The van der Waals surface area contributed by atoms with E-state index >= 15 is 0 Å². The van der Waals surface area contributed by atoms with E-state index in [4.69, 9.17) is 5.73 Å². The van der Waals surface area contributed by atoms with E-state index in [1.54, 1.807) is 17.8 Å². The van der Waals surface area contributed by atoms with Crippen LogP contribution in [0.1, 0.15) is 21.5 Å². The van der Waals surface area contributed by atoms with Crippen molar-refractivity contribution in [2.24, 2.45) is 0 Å². The lowest BCUT2D eigenvalue weighted by Crippen LogP contribution is -2.28. The molecule has 0 radical (unpaired) electrons. The molecular weight excluding hydrogens is 228 g/mol.